The zero-order valence-corrected chi connectivity index (χ0v) is 8.62. The van der Waals surface area contributed by atoms with E-state index in [1.54, 1.807) is 7.11 Å². The maximum atomic E-state index is 5.06. The molecule has 0 unspecified atom stereocenters. The van der Waals surface area contributed by atoms with Crippen LogP contribution in [0.15, 0.2) is 36.9 Å². The summed E-state index contributed by atoms with van der Waals surface area (Å²) < 4.78 is 5.06. The molecule has 0 spiro atoms. The molecule has 0 aromatic heterocycles. The fourth-order valence-corrected chi connectivity index (χ4v) is 1.26. The zero-order chi connectivity index (χ0) is 10.2. The van der Waals surface area contributed by atoms with E-state index in [4.69, 9.17) is 4.74 Å². The molecule has 0 radical (unpaired) electrons. The van der Waals surface area contributed by atoms with Crippen molar-refractivity contribution in [3.8, 4) is 0 Å². The van der Waals surface area contributed by atoms with Gasteiger partial charge in [0.2, 0.25) is 0 Å². The van der Waals surface area contributed by atoms with Crippen molar-refractivity contribution in [3.05, 3.63) is 42.5 Å². The van der Waals surface area contributed by atoms with Crippen LogP contribution in [-0.4, -0.2) is 13.7 Å². The third-order valence-corrected chi connectivity index (χ3v) is 1.92. The molecule has 1 aromatic rings. The predicted octanol–water partition coefficient (Wildman–Crippen LogP) is 2.82. The molecule has 2 nitrogen and oxygen atoms in total. The Morgan fingerprint density at radius 2 is 2.36 bits per heavy atom. The highest BCUT2D eigenvalue weighted by Gasteiger charge is 1.94. The van der Waals surface area contributed by atoms with Crippen LogP contribution in [0, 0.1) is 0 Å². The SMILES string of the molecule is C=CCCNc1cccc(COC)c1. The van der Waals surface area contributed by atoms with E-state index < -0.39 is 0 Å². The van der Waals surface area contributed by atoms with Crippen molar-refractivity contribution in [2.75, 3.05) is 19.0 Å². The van der Waals surface area contributed by atoms with Crippen molar-refractivity contribution in [2.24, 2.45) is 0 Å². The molecular formula is C12H17NO. The van der Waals surface area contributed by atoms with Crippen molar-refractivity contribution >= 4 is 5.69 Å². The minimum absolute atomic E-state index is 0.664. The van der Waals surface area contributed by atoms with Gasteiger partial charge in [-0.2, -0.15) is 0 Å². The summed E-state index contributed by atoms with van der Waals surface area (Å²) >= 11 is 0. The average Bonchev–Trinajstić information content (AvgIpc) is 2.19. The van der Waals surface area contributed by atoms with Gasteiger partial charge in [-0.1, -0.05) is 18.2 Å². The minimum atomic E-state index is 0.664. The first-order valence-electron chi connectivity index (χ1n) is 4.79. The van der Waals surface area contributed by atoms with Gasteiger partial charge in [0.1, 0.15) is 0 Å². The molecule has 1 N–H and O–H groups in total. The van der Waals surface area contributed by atoms with Gasteiger partial charge in [-0.05, 0) is 24.1 Å². The number of ether oxygens (including phenoxy) is 1. The van der Waals surface area contributed by atoms with Crippen LogP contribution in [0.2, 0.25) is 0 Å². The molecule has 0 fully saturated rings. The molecule has 0 heterocycles. The Balaban J connectivity index is 2.50. The third kappa shape index (κ3) is 3.62. The van der Waals surface area contributed by atoms with Gasteiger partial charge in [0.05, 0.1) is 6.61 Å². The van der Waals surface area contributed by atoms with E-state index >= 15 is 0 Å². The lowest BCUT2D eigenvalue weighted by atomic mass is 10.2. The number of hydrogen-bond donors (Lipinski definition) is 1. The Kier molecular flexibility index (Phi) is 4.79. The first kappa shape index (κ1) is 10.8. The first-order valence-corrected chi connectivity index (χ1v) is 4.79. The van der Waals surface area contributed by atoms with Gasteiger partial charge in [0.15, 0.2) is 0 Å². The molecule has 0 aliphatic carbocycles. The molecule has 0 aliphatic heterocycles. The van der Waals surface area contributed by atoms with Gasteiger partial charge in [-0.25, -0.2) is 0 Å². The number of anilines is 1. The van der Waals surface area contributed by atoms with Crippen molar-refractivity contribution in [1.29, 1.82) is 0 Å². The highest BCUT2D eigenvalue weighted by molar-refractivity contribution is 5.45. The smallest absolute Gasteiger partial charge is 0.0713 e. The second-order valence-corrected chi connectivity index (χ2v) is 3.14. The summed E-state index contributed by atoms with van der Waals surface area (Å²) in [7, 11) is 1.71. The molecule has 0 saturated heterocycles. The maximum absolute atomic E-state index is 5.06. The predicted molar refractivity (Wildman–Crippen MR) is 60.5 cm³/mol. The molecule has 0 aliphatic rings. The summed E-state index contributed by atoms with van der Waals surface area (Å²) in [6, 6.07) is 8.25. The fourth-order valence-electron chi connectivity index (χ4n) is 1.26. The van der Waals surface area contributed by atoms with Crippen LogP contribution in [0.25, 0.3) is 0 Å². The van der Waals surface area contributed by atoms with Crippen LogP contribution >= 0.6 is 0 Å². The Morgan fingerprint density at radius 1 is 1.50 bits per heavy atom. The molecule has 14 heavy (non-hydrogen) atoms. The highest BCUT2D eigenvalue weighted by Crippen LogP contribution is 2.11. The molecule has 1 rings (SSSR count). The standard InChI is InChI=1S/C12H17NO/c1-3-4-8-13-12-7-5-6-11(9-12)10-14-2/h3,5-7,9,13H,1,4,8,10H2,2H3. The summed E-state index contributed by atoms with van der Waals surface area (Å²) in [6.07, 6.45) is 2.89. The molecule has 0 saturated carbocycles. The van der Waals surface area contributed by atoms with Crippen LogP contribution in [0.3, 0.4) is 0 Å². The largest absolute Gasteiger partial charge is 0.385 e. The Labute approximate surface area is 85.6 Å². The topological polar surface area (TPSA) is 21.3 Å². The van der Waals surface area contributed by atoms with E-state index in [1.807, 2.05) is 12.1 Å². The molecular weight excluding hydrogens is 174 g/mol. The Hall–Kier alpha value is -1.28. The third-order valence-electron chi connectivity index (χ3n) is 1.92. The van der Waals surface area contributed by atoms with Crippen molar-refractivity contribution in [3.63, 3.8) is 0 Å². The maximum Gasteiger partial charge on any atom is 0.0713 e. The van der Waals surface area contributed by atoms with E-state index in [2.05, 4.69) is 30.1 Å². The van der Waals surface area contributed by atoms with Gasteiger partial charge >= 0.3 is 0 Å². The van der Waals surface area contributed by atoms with Gasteiger partial charge < -0.3 is 10.1 Å². The average molecular weight is 191 g/mol. The van der Waals surface area contributed by atoms with Crippen molar-refractivity contribution in [2.45, 2.75) is 13.0 Å². The van der Waals surface area contributed by atoms with Crippen LogP contribution < -0.4 is 5.32 Å². The van der Waals surface area contributed by atoms with E-state index in [0.717, 1.165) is 18.7 Å². The normalized spacial score (nSPS) is 9.79. The Bertz CT molecular complexity index is 283. The summed E-state index contributed by atoms with van der Waals surface area (Å²) in [5, 5.41) is 3.32. The molecule has 1 aromatic carbocycles. The zero-order valence-electron chi connectivity index (χ0n) is 8.62. The van der Waals surface area contributed by atoms with Crippen LogP contribution in [0.4, 0.5) is 5.69 Å². The molecule has 0 bridgehead atoms. The summed E-state index contributed by atoms with van der Waals surface area (Å²) in [5.41, 5.74) is 2.33. The lowest BCUT2D eigenvalue weighted by molar-refractivity contribution is 0.185. The molecule has 2 heteroatoms. The van der Waals surface area contributed by atoms with Crippen LogP contribution in [0.5, 0.6) is 0 Å². The number of hydrogen-bond acceptors (Lipinski definition) is 2. The van der Waals surface area contributed by atoms with Gasteiger partial charge in [0, 0.05) is 19.3 Å². The number of nitrogens with one attached hydrogen (secondary N) is 1. The molecule has 76 valence electrons. The van der Waals surface area contributed by atoms with E-state index in [0.29, 0.717) is 6.61 Å². The lowest BCUT2D eigenvalue weighted by Gasteiger charge is -2.06. The van der Waals surface area contributed by atoms with E-state index in [1.165, 1.54) is 5.56 Å². The van der Waals surface area contributed by atoms with Gasteiger partial charge in [-0.15, -0.1) is 6.58 Å². The highest BCUT2D eigenvalue weighted by atomic mass is 16.5. The summed E-state index contributed by atoms with van der Waals surface area (Å²) in [6.45, 7) is 5.27. The number of benzene rings is 1. The Morgan fingerprint density at radius 3 is 3.07 bits per heavy atom. The van der Waals surface area contributed by atoms with Crippen LogP contribution in [-0.2, 0) is 11.3 Å². The van der Waals surface area contributed by atoms with E-state index in [9.17, 15) is 0 Å². The first-order chi connectivity index (χ1) is 6.86. The van der Waals surface area contributed by atoms with Crippen molar-refractivity contribution in [1.82, 2.24) is 0 Å². The quantitative estimate of drug-likeness (QED) is 0.551. The van der Waals surface area contributed by atoms with Gasteiger partial charge in [-0.3, -0.25) is 0 Å². The monoisotopic (exact) mass is 191 g/mol. The fraction of sp³-hybridized carbons (Fsp3) is 0.333. The lowest BCUT2D eigenvalue weighted by Crippen LogP contribution is -2.00. The molecule has 0 atom stereocenters. The summed E-state index contributed by atoms with van der Waals surface area (Å²) in [4.78, 5) is 0. The number of rotatable bonds is 6. The van der Waals surface area contributed by atoms with Crippen molar-refractivity contribution < 1.29 is 4.74 Å². The second kappa shape index (κ2) is 6.22. The second-order valence-electron chi connectivity index (χ2n) is 3.14. The summed E-state index contributed by atoms with van der Waals surface area (Å²) in [5.74, 6) is 0. The van der Waals surface area contributed by atoms with Gasteiger partial charge in [0.25, 0.3) is 0 Å². The van der Waals surface area contributed by atoms with Crippen LogP contribution in [0.1, 0.15) is 12.0 Å². The molecule has 0 amide bonds. The minimum Gasteiger partial charge on any atom is -0.385 e. The van der Waals surface area contributed by atoms with E-state index in [-0.39, 0.29) is 0 Å². The number of methoxy groups -OCH3 is 1.